The van der Waals surface area contributed by atoms with Gasteiger partial charge in [0.15, 0.2) is 0 Å². The van der Waals surface area contributed by atoms with Crippen LogP contribution < -0.4 is 0 Å². The van der Waals surface area contributed by atoms with E-state index in [9.17, 15) is 4.79 Å². The number of rotatable bonds is 22. The first kappa shape index (κ1) is 34.5. The van der Waals surface area contributed by atoms with Gasteiger partial charge in [-0.05, 0) is 32.1 Å². The van der Waals surface area contributed by atoms with Crippen molar-refractivity contribution in [3.63, 3.8) is 0 Å². The van der Waals surface area contributed by atoms with Gasteiger partial charge < -0.3 is 5.11 Å². The van der Waals surface area contributed by atoms with Gasteiger partial charge in [-0.2, -0.15) is 12.6 Å². The van der Waals surface area contributed by atoms with E-state index in [0.717, 1.165) is 19.3 Å². The van der Waals surface area contributed by atoms with Gasteiger partial charge in [0.1, 0.15) is 0 Å². The van der Waals surface area contributed by atoms with E-state index in [4.69, 9.17) is 5.11 Å². The molecule has 2 atom stereocenters. The van der Waals surface area contributed by atoms with E-state index in [2.05, 4.69) is 38.6 Å². The Kier molecular flexibility index (Phi) is 31.7. The number of carbonyl (C=O) groups is 1. The standard InChI is InChI=1S/C20H38O2S.C8H17.Sn/c1-3-4-5-6-7-8-9-10-11-12-13-14-15-16-17-19(18(2)23)20(21)22;1-3-5-7-8-6-4-2;/h10-11,18-19,23H,3-9,12-17H2,1-2H3,(H,21,22);1,3-8H2,2H3;. The Morgan fingerprint density at radius 1 is 0.750 bits per heavy atom. The van der Waals surface area contributed by atoms with Crippen molar-refractivity contribution in [2.45, 2.75) is 152 Å². The van der Waals surface area contributed by atoms with Gasteiger partial charge in [-0.1, -0.05) is 77.4 Å². The normalized spacial score (nSPS) is 13.0. The maximum absolute atomic E-state index is 11.0. The minimum atomic E-state index is -0.704. The minimum absolute atomic E-state index is 0.0580. The summed E-state index contributed by atoms with van der Waals surface area (Å²) in [6.07, 6.45) is 29.3. The van der Waals surface area contributed by atoms with Crippen molar-refractivity contribution < 1.29 is 9.90 Å². The first-order valence-electron chi connectivity index (χ1n) is 13.7. The van der Waals surface area contributed by atoms with Gasteiger partial charge in [0.05, 0.1) is 5.92 Å². The molecule has 0 aromatic rings. The summed E-state index contributed by atoms with van der Waals surface area (Å²) in [7, 11) is 0. The quantitative estimate of drug-likeness (QED) is 0.0585. The summed E-state index contributed by atoms with van der Waals surface area (Å²) in [5.41, 5.74) is 0. The number of allylic oxidation sites excluding steroid dienone is 2. The molecule has 0 aromatic carbocycles. The van der Waals surface area contributed by atoms with Crippen LogP contribution in [0.4, 0.5) is 0 Å². The molecule has 2 nitrogen and oxygen atoms in total. The monoisotopic (exact) mass is 575 g/mol. The van der Waals surface area contributed by atoms with Gasteiger partial charge in [-0.3, -0.25) is 4.79 Å². The van der Waals surface area contributed by atoms with Crippen LogP contribution in [0.1, 0.15) is 143 Å². The molecule has 0 heterocycles. The van der Waals surface area contributed by atoms with Crippen molar-refractivity contribution in [3.05, 3.63) is 12.2 Å². The maximum atomic E-state index is 11.0. The third-order valence-electron chi connectivity index (χ3n) is 5.96. The van der Waals surface area contributed by atoms with Crippen LogP contribution in [0.5, 0.6) is 0 Å². The number of aliphatic carboxylic acids is 1. The van der Waals surface area contributed by atoms with E-state index >= 15 is 0 Å². The second-order valence-electron chi connectivity index (χ2n) is 9.22. The molecule has 0 bridgehead atoms. The molecule has 0 fully saturated rings. The van der Waals surface area contributed by atoms with Gasteiger partial charge in [-0.25, -0.2) is 0 Å². The van der Waals surface area contributed by atoms with Crippen LogP contribution in [-0.2, 0) is 4.79 Å². The predicted octanol–water partition coefficient (Wildman–Crippen LogP) is 9.59. The van der Waals surface area contributed by atoms with Crippen LogP contribution in [-0.4, -0.2) is 38.9 Å². The molecule has 0 saturated carbocycles. The van der Waals surface area contributed by atoms with Crippen molar-refractivity contribution in [2.75, 3.05) is 0 Å². The van der Waals surface area contributed by atoms with Crippen molar-refractivity contribution in [2.24, 2.45) is 5.92 Å². The first-order valence-corrected chi connectivity index (χ1v) is 16.2. The second kappa shape index (κ2) is 29.4. The van der Waals surface area contributed by atoms with E-state index in [1.165, 1.54) is 107 Å². The van der Waals surface area contributed by atoms with Crippen LogP contribution in [0.15, 0.2) is 12.2 Å². The molecule has 0 aromatic heterocycles. The molecule has 0 amide bonds. The molecule has 2 unspecified atom stereocenters. The van der Waals surface area contributed by atoms with E-state index in [1.54, 1.807) is 22.5 Å². The zero-order valence-corrected chi connectivity index (χ0v) is 25.5. The van der Waals surface area contributed by atoms with Crippen LogP contribution >= 0.6 is 12.6 Å². The summed E-state index contributed by atoms with van der Waals surface area (Å²) >= 11 is 5.97. The summed E-state index contributed by atoms with van der Waals surface area (Å²) < 4.78 is 1.46. The Morgan fingerprint density at radius 3 is 1.56 bits per heavy atom. The van der Waals surface area contributed by atoms with Crippen molar-refractivity contribution >= 4 is 41.1 Å². The van der Waals surface area contributed by atoms with Gasteiger partial charge in [0.25, 0.3) is 0 Å². The zero-order chi connectivity index (χ0) is 24.3. The van der Waals surface area contributed by atoms with Gasteiger partial charge in [-0.15, -0.1) is 0 Å². The van der Waals surface area contributed by atoms with Crippen LogP contribution in [0.25, 0.3) is 0 Å². The number of hydrogen-bond acceptors (Lipinski definition) is 2. The molecule has 0 saturated heterocycles. The summed E-state index contributed by atoms with van der Waals surface area (Å²) in [6, 6.07) is 0. The summed E-state index contributed by atoms with van der Waals surface area (Å²) in [5.74, 6) is -0.999. The van der Waals surface area contributed by atoms with E-state index in [-0.39, 0.29) is 11.2 Å². The number of thiol groups is 1. The predicted molar refractivity (Wildman–Crippen MR) is 148 cm³/mol. The Hall–Kier alpha value is 0.359. The van der Waals surface area contributed by atoms with Crippen molar-refractivity contribution in [1.82, 2.24) is 0 Å². The third-order valence-corrected chi connectivity index (χ3v) is 7.33. The number of unbranched alkanes of at least 4 members (excludes halogenated alkanes) is 15. The van der Waals surface area contributed by atoms with Gasteiger partial charge >= 0.3 is 78.4 Å². The zero-order valence-electron chi connectivity index (χ0n) is 21.8. The van der Waals surface area contributed by atoms with Crippen LogP contribution in [0, 0.1) is 5.92 Å². The van der Waals surface area contributed by atoms with Crippen LogP contribution in [0.3, 0.4) is 0 Å². The fraction of sp³-hybridized carbons (Fsp3) is 0.893. The van der Waals surface area contributed by atoms with Crippen molar-refractivity contribution in [1.29, 1.82) is 0 Å². The molecule has 4 heteroatoms. The Morgan fingerprint density at radius 2 is 1.16 bits per heavy atom. The number of carboxylic acid groups (broad SMARTS) is 1. The first-order chi connectivity index (χ1) is 15.5. The fourth-order valence-electron chi connectivity index (χ4n) is 3.73. The second-order valence-corrected chi connectivity index (χ2v) is 11.5. The SMILES string of the molecule is CCCCCCCCC=CCCCCCCC(C(=O)O)C(C)S.CCCCCCC[CH2][Sn]. The van der Waals surface area contributed by atoms with E-state index < -0.39 is 5.97 Å². The molecular formula is C28H55O2SSn. The van der Waals surface area contributed by atoms with E-state index in [0.29, 0.717) is 0 Å². The van der Waals surface area contributed by atoms with E-state index in [1.807, 2.05) is 6.92 Å². The number of hydrogen-bond donors (Lipinski definition) is 2. The van der Waals surface area contributed by atoms with Gasteiger partial charge in [0, 0.05) is 5.25 Å². The average molecular weight is 575 g/mol. The third kappa shape index (κ3) is 28.4. The molecule has 0 aliphatic rings. The van der Waals surface area contributed by atoms with Gasteiger partial charge in [0.2, 0.25) is 0 Å². The molecular weight excluding hydrogens is 519 g/mol. The molecule has 0 aliphatic carbocycles. The molecule has 32 heavy (non-hydrogen) atoms. The topological polar surface area (TPSA) is 37.3 Å². The molecule has 189 valence electrons. The van der Waals surface area contributed by atoms with Crippen LogP contribution in [0.2, 0.25) is 4.44 Å². The van der Waals surface area contributed by atoms with Crippen molar-refractivity contribution in [3.8, 4) is 0 Å². The summed E-state index contributed by atoms with van der Waals surface area (Å²) in [6.45, 7) is 6.40. The Balaban J connectivity index is 0. The summed E-state index contributed by atoms with van der Waals surface area (Å²) in [4.78, 5) is 11.0. The fourth-order valence-corrected chi connectivity index (χ4v) is 4.72. The summed E-state index contributed by atoms with van der Waals surface area (Å²) in [5, 5.41) is 9.03. The average Bonchev–Trinajstić information content (AvgIpc) is 2.76. The molecule has 0 aliphatic heterocycles. The Bertz CT molecular complexity index is 393. The molecule has 1 N–H and O–H groups in total. The molecule has 0 rings (SSSR count). The Labute approximate surface area is 220 Å². The molecule has 0 spiro atoms. The molecule has 3 radical (unpaired) electrons. The number of carboxylic acids is 1.